The predicted molar refractivity (Wildman–Crippen MR) is 145 cm³/mol. The zero-order chi connectivity index (χ0) is 28.4. The SMILES string of the molecule is CC(C)[C@H](NC(=O)[C@H](NC(=O)[C@@H](N)Cc1ccc(O)cc1)C(C)C)C(=O)N[C@H](Cc1ccccc1)C(N)=O. The fraction of sp³-hybridized carbons (Fsp3) is 0.429. The molecule has 0 heterocycles. The average molecular weight is 526 g/mol. The molecule has 0 spiro atoms. The summed E-state index contributed by atoms with van der Waals surface area (Å²) in [5, 5.41) is 17.5. The number of benzene rings is 2. The Kier molecular flexibility index (Phi) is 11.3. The number of rotatable bonds is 13. The minimum absolute atomic E-state index is 0.106. The molecule has 2 aromatic rings. The molecule has 0 fully saturated rings. The van der Waals surface area contributed by atoms with E-state index in [2.05, 4.69) is 16.0 Å². The Morgan fingerprint density at radius 1 is 0.711 bits per heavy atom. The van der Waals surface area contributed by atoms with E-state index in [1.807, 2.05) is 30.3 Å². The number of amides is 4. The number of primary amides is 1. The van der Waals surface area contributed by atoms with E-state index in [1.165, 1.54) is 12.1 Å². The van der Waals surface area contributed by atoms with Crippen LogP contribution in [0.25, 0.3) is 0 Å². The molecular weight excluding hydrogens is 486 g/mol. The highest BCUT2D eigenvalue weighted by Gasteiger charge is 2.32. The average Bonchev–Trinajstić information content (AvgIpc) is 2.86. The summed E-state index contributed by atoms with van der Waals surface area (Å²) >= 11 is 0. The standard InChI is InChI=1S/C28H39N5O5/c1-16(2)23(27(37)31-22(25(30)35)15-18-8-6-5-7-9-18)33-28(38)24(17(3)4)32-26(36)21(29)14-19-10-12-20(34)13-11-19/h5-13,16-17,21-24,34H,14-15,29H2,1-4H3,(H2,30,35)(H,31,37)(H,32,36)(H,33,38)/t21-,22+,23-,24+/m0/s1. The lowest BCUT2D eigenvalue weighted by Gasteiger charge is -2.28. The Hall–Kier alpha value is -3.92. The summed E-state index contributed by atoms with van der Waals surface area (Å²) in [4.78, 5) is 51.1. The minimum atomic E-state index is -0.969. The molecule has 4 amide bonds. The number of carbonyl (C=O) groups excluding carboxylic acids is 4. The van der Waals surface area contributed by atoms with Crippen molar-refractivity contribution in [3.8, 4) is 5.75 Å². The van der Waals surface area contributed by atoms with E-state index in [4.69, 9.17) is 11.5 Å². The molecule has 8 N–H and O–H groups in total. The molecule has 0 aliphatic heterocycles. The Balaban J connectivity index is 2.06. The maximum Gasteiger partial charge on any atom is 0.243 e. The second-order valence-electron chi connectivity index (χ2n) is 10.1. The fourth-order valence-electron chi connectivity index (χ4n) is 3.89. The molecule has 0 saturated carbocycles. The van der Waals surface area contributed by atoms with Gasteiger partial charge in [0.1, 0.15) is 23.9 Å². The van der Waals surface area contributed by atoms with Gasteiger partial charge in [-0.25, -0.2) is 0 Å². The first kappa shape index (κ1) is 30.3. The first-order valence-corrected chi connectivity index (χ1v) is 12.7. The van der Waals surface area contributed by atoms with Crippen molar-refractivity contribution in [2.75, 3.05) is 0 Å². The Labute approximate surface area is 223 Å². The molecule has 10 heteroatoms. The molecule has 0 aliphatic rings. The summed E-state index contributed by atoms with van der Waals surface area (Å²) in [7, 11) is 0. The monoisotopic (exact) mass is 525 g/mol. The van der Waals surface area contributed by atoms with Gasteiger partial charge in [-0.2, -0.15) is 0 Å². The van der Waals surface area contributed by atoms with Gasteiger partial charge in [-0.3, -0.25) is 19.2 Å². The lowest BCUT2D eigenvalue weighted by molar-refractivity contribution is -0.135. The molecule has 4 atom stereocenters. The molecule has 38 heavy (non-hydrogen) atoms. The third kappa shape index (κ3) is 9.19. The number of phenols is 1. The first-order valence-electron chi connectivity index (χ1n) is 12.7. The van der Waals surface area contributed by atoms with Gasteiger partial charge in [0.05, 0.1) is 6.04 Å². The van der Waals surface area contributed by atoms with Crippen LogP contribution in [0.5, 0.6) is 5.75 Å². The fourth-order valence-corrected chi connectivity index (χ4v) is 3.89. The van der Waals surface area contributed by atoms with Crippen LogP contribution >= 0.6 is 0 Å². The molecule has 0 unspecified atom stereocenters. The van der Waals surface area contributed by atoms with E-state index in [9.17, 15) is 24.3 Å². The largest absolute Gasteiger partial charge is 0.508 e. The Bertz CT molecular complexity index is 1090. The number of hydrogen-bond donors (Lipinski definition) is 6. The van der Waals surface area contributed by atoms with Gasteiger partial charge in [0, 0.05) is 6.42 Å². The third-order valence-electron chi connectivity index (χ3n) is 6.17. The second kappa shape index (κ2) is 14.1. The van der Waals surface area contributed by atoms with Crippen LogP contribution < -0.4 is 27.4 Å². The van der Waals surface area contributed by atoms with Gasteiger partial charge in [-0.1, -0.05) is 70.2 Å². The molecule has 0 bridgehead atoms. The van der Waals surface area contributed by atoms with Gasteiger partial charge in [-0.15, -0.1) is 0 Å². The van der Waals surface area contributed by atoms with E-state index < -0.39 is 47.8 Å². The normalized spacial score (nSPS) is 14.3. The number of nitrogens with one attached hydrogen (secondary N) is 3. The van der Waals surface area contributed by atoms with Crippen molar-refractivity contribution in [2.45, 2.75) is 64.7 Å². The van der Waals surface area contributed by atoms with Crippen LogP contribution in [0.15, 0.2) is 54.6 Å². The number of carbonyl (C=O) groups is 4. The molecule has 0 aromatic heterocycles. The van der Waals surface area contributed by atoms with Crippen LogP contribution in [0.4, 0.5) is 0 Å². The van der Waals surface area contributed by atoms with Crippen LogP contribution in [0.1, 0.15) is 38.8 Å². The zero-order valence-corrected chi connectivity index (χ0v) is 22.3. The Morgan fingerprint density at radius 2 is 1.18 bits per heavy atom. The summed E-state index contributed by atoms with van der Waals surface area (Å²) in [6.07, 6.45) is 0.426. The lowest BCUT2D eigenvalue weighted by atomic mass is 9.98. The molecule has 0 radical (unpaired) electrons. The molecule has 206 valence electrons. The van der Waals surface area contributed by atoms with E-state index in [0.717, 1.165) is 11.1 Å². The van der Waals surface area contributed by atoms with Crippen molar-refractivity contribution in [1.82, 2.24) is 16.0 Å². The van der Waals surface area contributed by atoms with Gasteiger partial charge in [0.25, 0.3) is 0 Å². The van der Waals surface area contributed by atoms with Crippen LogP contribution in [-0.4, -0.2) is 52.9 Å². The van der Waals surface area contributed by atoms with E-state index in [-0.39, 0.29) is 30.4 Å². The molecule has 0 saturated heterocycles. The summed E-state index contributed by atoms with van der Waals surface area (Å²) in [5.41, 5.74) is 13.2. The van der Waals surface area contributed by atoms with Gasteiger partial charge in [-0.05, 0) is 41.5 Å². The van der Waals surface area contributed by atoms with E-state index in [0.29, 0.717) is 0 Å². The molecule has 0 aliphatic carbocycles. The first-order chi connectivity index (χ1) is 17.9. The second-order valence-corrected chi connectivity index (χ2v) is 10.1. The minimum Gasteiger partial charge on any atom is -0.508 e. The number of hydrogen-bond acceptors (Lipinski definition) is 6. The highest BCUT2D eigenvalue weighted by Crippen LogP contribution is 2.12. The van der Waals surface area contributed by atoms with Crippen molar-refractivity contribution in [3.05, 3.63) is 65.7 Å². The highest BCUT2D eigenvalue weighted by molar-refractivity contribution is 5.94. The van der Waals surface area contributed by atoms with Crippen LogP contribution in [-0.2, 0) is 32.0 Å². The van der Waals surface area contributed by atoms with Gasteiger partial charge in [0.2, 0.25) is 23.6 Å². The third-order valence-corrected chi connectivity index (χ3v) is 6.17. The van der Waals surface area contributed by atoms with Gasteiger partial charge >= 0.3 is 0 Å². The highest BCUT2D eigenvalue weighted by atomic mass is 16.3. The summed E-state index contributed by atoms with van der Waals surface area (Å²) in [5.74, 6) is -2.81. The van der Waals surface area contributed by atoms with Crippen LogP contribution in [0.2, 0.25) is 0 Å². The quantitative estimate of drug-likeness (QED) is 0.225. The van der Waals surface area contributed by atoms with Crippen molar-refractivity contribution in [3.63, 3.8) is 0 Å². The maximum atomic E-state index is 13.2. The molecule has 2 rings (SSSR count). The van der Waals surface area contributed by atoms with E-state index in [1.54, 1.807) is 39.8 Å². The van der Waals surface area contributed by atoms with E-state index >= 15 is 0 Å². The van der Waals surface area contributed by atoms with Gasteiger partial charge < -0.3 is 32.5 Å². The summed E-state index contributed by atoms with van der Waals surface area (Å²) in [6.45, 7) is 7.06. The Morgan fingerprint density at radius 3 is 1.68 bits per heavy atom. The summed E-state index contributed by atoms with van der Waals surface area (Å²) in [6, 6.07) is 11.7. The zero-order valence-electron chi connectivity index (χ0n) is 22.3. The maximum absolute atomic E-state index is 13.2. The van der Waals surface area contributed by atoms with Crippen molar-refractivity contribution in [1.29, 1.82) is 0 Å². The van der Waals surface area contributed by atoms with Crippen molar-refractivity contribution >= 4 is 23.6 Å². The van der Waals surface area contributed by atoms with Gasteiger partial charge in [0.15, 0.2) is 0 Å². The topological polar surface area (TPSA) is 177 Å². The van der Waals surface area contributed by atoms with Crippen molar-refractivity contribution in [2.24, 2.45) is 23.3 Å². The summed E-state index contributed by atoms with van der Waals surface area (Å²) < 4.78 is 0. The van der Waals surface area contributed by atoms with Crippen LogP contribution in [0.3, 0.4) is 0 Å². The number of aromatic hydroxyl groups is 1. The molecule has 2 aromatic carbocycles. The number of phenolic OH excluding ortho intramolecular Hbond substituents is 1. The van der Waals surface area contributed by atoms with Crippen molar-refractivity contribution < 1.29 is 24.3 Å². The molecule has 10 nitrogen and oxygen atoms in total. The van der Waals surface area contributed by atoms with Crippen LogP contribution in [0, 0.1) is 11.8 Å². The lowest BCUT2D eigenvalue weighted by Crippen LogP contribution is -2.60. The smallest absolute Gasteiger partial charge is 0.243 e. The predicted octanol–water partition coefficient (Wildman–Crippen LogP) is 0.756. The molecular formula is C28H39N5O5. The number of nitrogens with two attached hydrogens (primary N) is 2.